The van der Waals surface area contributed by atoms with Gasteiger partial charge in [-0.05, 0) is 40.0 Å². The fourth-order valence-corrected chi connectivity index (χ4v) is 2.17. The van der Waals surface area contributed by atoms with Gasteiger partial charge in [-0.2, -0.15) is 0 Å². The summed E-state index contributed by atoms with van der Waals surface area (Å²) in [5.41, 5.74) is 1.15. The average Bonchev–Trinajstić information content (AvgIpc) is 2.30. The van der Waals surface area contributed by atoms with E-state index in [1.807, 2.05) is 13.8 Å². The van der Waals surface area contributed by atoms with Crippen molar-refractivity contribution in [3.8, 4) is 0 Å². The highest BCUT2D eigenvalue weighted by Crippen LogP contribution is 2.18. The standard InChI is InChI=1S/C10H17NOS/c1-7(12)5-4-6-10-11-8(2)9(3)13-10/h7,12H,4-6H2,1-3H3. The third-order valence-corrected chi connectivity index (χ3v) is 3.22. The zero-order chi connectivity index (χ0) is 9.84. The molecule has 1 unspecified atom stereocenters. The number of hydrogen-bond acceptors (Lipinski definition) is 3. The van der Waals surface area contributed by atoms with Crippen LogP contribution in [0.1, 0.15) is 35.3 Å². The summed E-state index contributed by atoms with van der Waals surface area (Å²) >= 11 is 1.77. The van der Waals surface area contributed by atoms with E-state index in [9.17, 15) is 0 Å². The van der Waals surface area contributed by atoms with Crippen molar-refractivity contribution in [2.24, 2.45) is 0 Å². The topological polar surface area (TPSA) is 33.1 Å². The van der Waals surface area contributed by atoms with Crippen LogP contribution in [0.4, 0.5) is 0 Å². The Labute approximate surface area is 83.6 Å². The van der Waals surface area contributed by atoms with Crippen molar-refractivity contribution >= 4 is 11.3 Å². The number of aryl methyl sites for hydroxylation is 3. The largest absolute Gasteiger partial charge is 0.393 e. The molecule has 1 aromatic heterocycles. The zero-order valence-electron chi connectivity index (χ0n) is 8.50. The summed E-state index contributed by atoms with van der Waals surface area (Å²) in [7, 11) is 0. The number of aromatic nitrogens is 1. The Hall–Kier alpha value is -0.410. The normalized spacial score (nSPS) is 13.2. The van der Waals surface area contributed by atoms with Crippen molar-refractivity contribution in [1.29, 1.82) is 0 Å². The van der Waals surface area contributed by atoms with Crippen LogP contribution in [0.2, 0.25) is 0 Å². The lowest BCUT2D eigenvalue weighted by atomic mass is 10.2. The highest BCUT2D eigenvalue weighted by Gasteiger charge is 2.03. The van der Waals surface area contributed by atoms with Gasteiger partial charge in [-0.15, -0.1) is 11.3 Å². The summed E-state index contributed by atoms with van der Waals surface area (Å²) in [4.78, 5) is 5.76. The maximum atomic E-state index is 9.07. The molecule has 3 heteroatoms. The maximum Gasteiger partial charge on any atom is 0.0930 e. The molecule has 0 aliphatic heterocycles. The van der Waals surface area contributed by atoms with Crippen molar-refractivity contribution in [3.05, 3.63) is 15.6 Å². The summed E-state index contributed by atoms with van der Waals surface area (Å²) in [5.74, 6) is 0. The van der Waals surface area contributed by atoms with Gasteiger partial charge in [0.05, 0.1) is 16.8 Å². The van der Waals surface area contributed by atoms with Crippen molar-refractivity contribution in [1.82, 2.24) is 4.98 Å². The molecule has 2 nitrogen and oxygen atoms in total. The molecule has 0 aliphatic carbocycles. The number of nitrogens with zero attached hydrogens (tertiary/aromatic N) is 1. The Morgan fingerprint density at radius 2 is 2.15 bits per heavy atom. The average molecular weight is 199 g/mol. The molecule has 0 saturated heterocycles. The second-order valence-corrected chi connectivity index (χ2v) is 4.78. The molecular formula is C10H17NOS. The molecule has 0 aliphatic rings. The molecule has 1 rings (SSSR count). The minimum absolute atomic E-state index is 0.179. The van der Waals surface area contributed by atoms with E-state index in [0.717, 1.165) is 25.0 Å². The molecule has 0 fully saturated rings. The first-order valence-electron chi connectivity index (χ1n) is 4.70. The van der Waals surface area contributed by atoms with Crippen LogP contribution in [0.15, 0.2) is 0 Å². The Balaban J connectivity index is 2.37. The molecule has 0 amide bonds. The lowest BCUT2D eigenvalue weighted by molar-refractivity contribution is 0.181. The van der Waals surface area contributed by atoms with E-state index in [0.29, 0.717) is 0 Å². The Kier molecular flexibility index (Phi) is 3.88. The van der Waals surface area contributed by atoms with E-state index in [1.165, 1.54) is 9.88 Å². The van der Waals surface area contributed by atoms with Crippen LogP contribution in [0.25, 0.3) is 0 Å². The third kappa shape index (κ3) is 3.44. The monoisotopic (exact) mass is 199 g/mol. The predicted molar refractivity (Wildman–Crippen MR) is 56.2 cm³/mol. The molecule has 1 aromatic rings. The van der Waals surface area contributed by atoms with Gasteiger partial charge in [0, 0.05) is 4.88 Å². The van der Waals surface area contributed by atoms with E-state index in [2.05, 4.69) is 11.9 Å². The van der Waals surface area contributed by atoms with Gasteiger partial charge in [0.15, 0.2) is 0 Å². The molecule has 1 heterocycles. The van der Waals surface area contributed by atoms with Crippen LogP contribution >= 0.6 is 11.3 Å². The Morgan fingerprint density at radius 3 is 2.62 bits per heavy atom. The van der Waals surface area contributed by atoms with Gasteiger partial charge in [-0.1, -0.05) is 0 Å². The van der Waals surface area contributed by atoms with Gasteiger partial charge >= 0.3 is 0 Å². The minimum Gasteiger partial charge on any atom is -0.393 e. The molecule has 13 heavy (non-hydrogen) atoms. The van der Waals surface area contributed by atoms with Crippen LogP contribution in [0.5, 0.6) is 0 Å². The molecule has 74 valence electrons. The smallest absolute Gasteiger partial charge is 0.0930 e. The molecule has 0 bridgehead atoms. The van der Waals surface area contributed by atoms with Crippen molar-refractivity contribution in [3.63, 3.8) is 0 Å². The van der Waals surface area contributed by atoms with Crippen LogP contribution in [-0.4, -0.2) is 16.2 Å². The third-order valence-electron chi connectivity index (χ3n) is 2.09. The summed E-state index contributed by atoms with van der Waals surface area (Å²) < 4.78 is 0. The Bertz CT molecular complexity index is 248. The minimum atomic E-state index is -0.179. The van der Waals surface area contributed by atoms with Gasteiger partial charge in [0.2, 0.25) is 0 Å². The molecule has 0 spiro atoms. The molecule has 0 saturated carbocycles. The molecule has 0 aromatic carbocycles. The second-order valence-electron chi connectivity index (χ2n) is 3.49. The lowest BCUT2D eigenvalue weighted by Crippen LogP contribution is -1.99. The molecular weight excluding hydrogens is 182 g/mol. The van der Waals surface area contributed by atoms with E-state index in [4.69, 9.17) is 5.11 Å². The Morgan fingerprint density at radius 1 is 1.46 bits per heavy atom. The van der Waals surface area contributed by atoms with Crippen LogP contribution < -0.4 is 0 Å². The summed E-state index contributed by atoms with van der Waals surface area (Å²) in [5, 5.41) is 10.3. The van der Waals surface area contributed by atoms with Crippen LogP contribution in [0.3, 0.4) is 0 Å². The fourth-order valence-electron chi connectivity index (χ4n) is 1.19. The van der Waals surface area contributed by atoms with Crippen molar-refractivity contribution in [2.75, 3.05) is 0 Å². The van der Waals surface area contributed by atoms with Gasteiger partial charge in [0.1, 0.15) is 0 Å². The highest BCUT2D eigenvalue weighted by atomic mass is 32.1. The first kappa shape index (κ1) is 10.7. The number of aliphatic hydroxyl groups excluding tert-OH is 1. The van der Waals surface area contributed by atoms with Crippen molar-refractivity contribution in [2.45, 2.75) is 46.1 Å². The van der Waals surface area contributed by atoms with E-state index in [-0.39, 0.29) is 6.10 Å². The number of thiazole rings is 1. The summed E-state index contributed by atoms with van der Waals surface area (Å²) in [6.45, 7) is 5.98. The van der Waals surface area contributed by atoms with E-state index in [1.54, 1.807) is 11.3 Å². The van der Waals surface area contributed by atoms with Gasteiger partial charge in [-0.3, -0.25) is 0 Å². The van der Waals surface area contributed by atoms with Gasteiger partial charge in [0.25, 0.3) is 0 Å². The van der Waals surface area contributed by atoms with Gasteiger partial charge < -0.3 is 5.11 Å². The summed E-state index contributed by atoms with van der Waals surface area (Å²) in [6.07, 6.45) is 2.73. The summed E-state index contributed by atoms with van der Waals surface area (Å²) in [6, 6.07) is 0. The first-order valence-corrected chi connectivity index (χ1v) is 5.52. The second kappa shape index (κ2) is 4.72. The van der Waals surface area contributed by atoms with Gasteiger partial charge in [-0.25, -0.2) is 4.98 Å². The lowest BCUT2D eigenvalue weighted by Gasteiger charge is -2.00. The highest BCUT2D eigenvalue weighted by molar-refractivity contribution is 7.11. The first-order chi connectivity index (χ1) is 6.09. The van der Waals surface area contributed by atoms with Crippen molar-refractivity contribution < 1.29 is 5.11 Å². The molecule has 0 radical (unpaired) electrons. The van der Waals surface area contributed by atoms with Crippen LogP contribution in [-0.2, 0) is 6.42 Å². The maximum absolute atomic E-state index is 9.07. The van der Waals surface area contributed by atoms with Crippen LogP contribution in [0, 0.1) is 13.8 Å². The van der Waals surface area contributed by atoms with E-state index >= 15 is 0 Å². The SMILES string of the molecule is Cc1nc(CCCC(C)O)sc1C. The van der Waals surface area contributed by atoms with E-state index < -0.39 is 0 Å². The predicted octanol–water partition coefficient (Wildman–Crippen LogP) is 2.46. The molecule has 1 N–H and O–H groups in total. The quantitative estimate of drug-likeness (QED) is 0.808. The number of rotatable bonds is 4. The molecule has 1 atom stereocenters. The fraction of sp³-hybridized carbons (Fsp3) is 0.700. The zero-order valence-corrected chi connectivity index (χ0v) is 9.32. The number of aliphatic hydroxyl groups is 1. The number of hydrogen-bond donors (Lipinski definition) is 1.